The standard InChI is InChI=1S/C34H32ClN3O6S2/c1-4-14-43-26-13-10-20(17-27(26)42-5-2)29-28(30(39)21-11-12-25-23(16-21)15-19(3)44-25)31(40)32(41)38(29)33-36-37-34(46-33)45-18-22-8-6-7-9-24(22)35/h6-13,16-17,19,29,39H,4-5,14-15,18H2,1-3H3/b30-28+/t19-,29+/m1/s1. The molecule has 1 aromatic heterocycles. The van der Waals surface area contributed by atoms with Gasteiger partial charge in [0.05, 0.1) is 24.8 Å². The molecular weight excluding hydrogens is 646 g/mol. The number of carbonyl (C=O) groups excluding carboxylic acids is 2. The lowest BCUT2D eigenvalue weighted by Gasteiger charge is -2.23. The fourth-order valence-corrected chi connectivity index (χ4v) is 7.63. The molecule has 1 amide bonds. The lowest BCUT2D eigenvalue weighted by Crippen LogP contribution is -2.29. The molecule has 6 rings (SSSR count). The van der Waals surface area contributed by atoms with Crippen LogP contribution >= 0.6 is 34.7 Å². The number of fused-ring (bicyclic) bond motifs is 1. The molecule has 1 fully saturated rings. The SMILES string of the molecule is CCCOc1ccc([C@H]2/C(=C(\O)c3ccc4c(c3)C[C@@H](C)O4)C(=O)C(=O)N2c2nnc(SCc3ccccc3Cl)s2)cc1OCC. The van der Waals surface area contributed by atoms with Crippen molar-refractivity contribution < 1.29 is 28.9 Å². The first-order chi connectivity index (χ1) is 22.3. The number of halogens is 1. The molecule has 0 saturated carbocycles. The van der Waals surface area contributed by atoms with Crippen molar-refractivity contribution in [2.45, 2.75) is 55.9 Å². The average molecular weight is 678 g/mol. The Hall–Kier alpha value is -4.06. The monoisotopic (exact) mass is 677 g/mol. The molecule has 1 N–H and O–H groups in total. The van der Waals surface area contributed by atoms with Crippen LogP contribution in [0.1, 0.15) is 55.5 Å². The van der Waals surface area contributed by atoms with Gasteiger partial charge in [0.15, 0.2) is 15.8 Å². The van der Waals surface area contributed by atoms with E-state index in [0.29, 0.717) is 57.4 Å². The number of ketones is 1. The second-order valence-electron chi connectivity index (χ2n) is 10.8. The third-order valence-electron chi connectivity index (χ3n) is 7.57. The summed E-state index contributed by atoms with van der Waals surface area (Å²) in [6, 6.07) is 17.1. The molecule has 12 heteroatoms. The number of hydrogen-bond donors (Lipinski definition) is 1. The maximum atomic E-state index is 13.8. The Morgan fingerprint density at radius 3 is 2.70 bits per heavy atom. The Balaban J connectivity index is 1.43. The third kappa shape index (κ3) is 6.31. The van der Waals surface area contributed by atoms with Crippen LogP contribution < -0.4 is 19.1 Å². The van der Waals surface area contributed by atoms with E-state index in [4.69, 9.17) is 25.8 Å². The van der Waals surface area contributed by atoms with Crippen molar-refractivity contribution in [2.75, 3.05) is 18.1 Å². The van der Waals surface area contributed by atoms with Gasteiger partial charge in [-0.15, -0.1) is 10.2 Å². The van der Waals surface area contributed by atoms with Gasteiger partial charge in [-0.25, -0.2) is 0 Å². The van der Waals surface area contributed by atoms with Gasteiger partial charge in [-0.3, -0.25) is 14.5 Å². The number of nitrogens with zero attached hydrogens (tertiary/aromatic N) is 3. The van der Waals surface area contributed by atoms with E-state index in [0.717, 1.165) is 23.3 Å². The van der Waals surface area contributed by atoms with E-state index in [1.54, 1.807) is 36.4 Å². The molecular formula is C34H32ClN3O6S2. The summed E-state index contributed by atoms with van der Waals surface area (Å²) >= 11 is 8.96. The molecule has 3 heterocycles. The molecule has 238 valence electrons. The number of benzene rings is 3. The summed E-state index contributed by atoms with van der Waals surface area (Å²) in [7, 11) is 0. The zero-order valence-corrected chi connectivity index (χ0v) is 27.9. The molecule has 0 radical (unpaired) electrons. The number of aliphatic hydroxyl groups excluding tert-OH is 1. The Labute approximate surface area is 280 Å². The van der Waals surface area contributed by atoms with Gasteiger partial charge in [-0.2, -0.15) is 0 Å². The highest BCUT2D eigenvalue weighted by Gasteiger charge is 2.48. The second kappa shape index (κ2) is 13.7. The van der Waals surface area contributed by atoms with Crippen LogP contribution in [-0.2, 0) is 21.8 Å². The Morgan fingerprint density at radius 2 is 1.91 bits per heavy atom. The molecule has 0 spiro atoms. The normalized spacial score (nSPS) is 18.5. The minimum atomic E-state index is -1.00. The first kappa shape index (κ1) is 31.9. The maximum absolute atomic E-state index is 13.8. The van der Waals surface area contributed by atoms with Crippen molar-refractivity contribution in [3.8, 4) is 17.2 Å². The van der Waals surface area contributed by atoms with E-state index >= 15 is 0 Å². The minimum Gasteiger partial charge on any atom is -0.507 e. The number of rotatable bonds is 11. The molecule has 1 saturated heterocycles. The smallest absolute Gasteiger partial charge is 0.301 e. The number of carbonyl (C=O) groups is 2. The summed E-state index contributed by atoms with van der Waals surface area (Å²) in [6.45, 7) is 6.72. The van der Waals surface area contributed by atoms with Gasteiger partial charge >= 0.3 is 5.91 Å². The number of Topliss-reactive ketones (excluding diaryl/α,β-unsaturated/α-hetero) is 1. The molecule has 2 aliphatic rings. The van der Waals surface area contributed by atoms with Crippen molar-refractivity contribution in [3.63, 3.8) is 0 Å². The van der Waals surface area contributed by atoms with Crippen molar-refractivity contribution >= 4 is 57.3 Å². The fourth-order valence-electron chi connectivity index (χ4n) is 5.48. The maximum Gasteiger partial charge on any atom is 0.301 e. The fraction of sp³-hybridized carbons (Fsp3) is 0.294. The van der Waals surface area contributed by atoms with Crippen molar-refractivity contribution in [1.29, 1.82) is 0 Å². The first-order valence-corrected chi connectivity index (χ1v) is 17.2. The van der Waals surface area contributed by atoms with Crippen LogP contribution in [0.3, 0.4) is 0 Å². The number of ether oxygens (including phenoxy) is 3. The van der Waals surface area contributed by atoms with E-state index in [1.807, 2.05) is 45.0 Å². The molecule has 0 unspecified atom stereocenters. The first-order valence-electron chi connectivity index (χ1n) is 15.0. The summed E-state index contributed by atoms with van der Waals surface area (Å²) in [6.07, 6.45) is 1.49. The van der Waals surface area contributed by atoms with E-state index in [2.05, 4.69) is 10.2 Å². The largest absolute Gasteiger partial charge is 0.507 e. The van der Waals surface area contributed by atoms with Gasteiger partial charge in [0.25, 0.3) is 5.78 Å². The predicted octanol–water partition coefficient (Wildman–Crippen LogP) is 7.62. The molecule has 2 aliphatic heterocycles. The van der Waals surface area contributed by atoms with Gasteiger partial charge < -0.3 is 19.3 Å². The zero-order chi connectivity index (χ0) is 32.4. The molecule has 9 nitrogen and oxygen atoms in total. The van der Waals surface area contributed by atoms with Crippen molar-refractivity contribution in [2.24, 2.45) is 0 Å². The average Bonchev–Trinajstić information content (AvgIpc) is 3.74. The Kier molecular flexibility index (Phi) is 9.53. The number of amides is 1. The number of thioether (sulfide) groups is 1. The Morgan fingerprint density at radius 1 is 1.09 bits per heavy atom. The predicted molar refractivity (Wildman–Crippen MR) is 179 cm³/mol. The molecule has 0 bridgehead atoms. The van der Waals surface area contributed by atoms with E-state index in [-0.39, 0.29) is 22.6 Å². The molecule has 0 aliphatic carbocycles. The zero-order valence-electron chi connectivity index (χ0n) is 25.5. The molecule has 46 heavy (non-hydrogen) atoms. The highest BCUT2D eigenvalue weighted by atomic mass is 35.5. The summed E-state index contributed by atoms with van der Waals surface area (Å²) in [4.78, 5) is 28.9. The van der Waals surface area contributed by atoms with E-state index in [1.165, 1.54) is 28.0 Å². The van der Waals surface area contributed by atoms with Gasteiger partial charge in [0.2, 0.25) is 5.13 Å². The van der Waals surface area contributed by atoms with Crippen molar-refractivity contribution in [3.05, 3.63) is 93.5 Å². The molecule has 4 aromatic rings. The van der Waals surface area contributed by atoms with E-state index < -0.39 is 17.7 Å². The lowest BCUT2D eigenvalue weighted by molar-refractivity contribution is -0.132. The molecule has 3 aromatic carbocycles. The van der Waals surface area contributed by atoms with Crippen LogP contribution in [-0.4, -0.2) is 46.3 Å². The topological polar surface area (TPSA) is 111 Å². The number of aromatic nitrogens is 2. The van der Waals surface area contributed by atoms with Crippen LogP contribution in [0.25, 0.3) is 5.76 Å². The van der Waals surface area contributed by atoms with Crippen molar-refractivity contribution in [1.82, 2.24) is 10.2 Å². The number of hydrogen-bond acceptors (Lipinski definition) is 10. The third-order valence-corrected chi connectivity index (χ3v) is 10.0. The number of aliphatic hydroxyl groups is 1. The van der Waals surface area contributed by atoms with Crippen LogP contribution in [0.15, 0.2) is 70.6 Å². The summed E-state index contributed by atoms with van der Waals surface area (Å²) in [5.74, 6) is 0.386. The summed E-state index contributed by atoms with van der Waals surface area (Å²) < 4.78 is 18.2. The van der Waals surface area contributed by atoms with Gasteiger partial charge in [-0.1, -0.05) is 65.9 Å². The number of anilines is 1. The minimum absolute atomic E-state index is 0.00536. The highest BCUT2D eigenvalue weighted by molar-refractivity contribution is 8.00. The molecule has 2 atom stereocenters. The second-order valence-corrected chi connectivity index (χ2v) is 13.4. The highest BCUT2D eigenvalue weighted by Crippen LogP contribution is 2.46. The van der Waals surface area contributed by atoms with E-state index in [9.17, 15) is 14.7 Å². The Bertz CT molecular complexity index is 1830. The van der Waals surface area contributed by atoms with Gasteiger partial charge in [-0.05, 0) is 73.4 Å². The van der Waals surface area contributed by atoms with Crippen LogP contribution in [0, 0.1) is 0 Å². The van der Waals surface area contributed by atoms with Gasteiger partial charge in [0.1, 0.15) is 17.6 Å². The van der Waals surface area contributed by atoms with Crippen LogP contribution in [0.4, 0.5) is 5.13 Å². The van der Waals surface area contributed by atoms with Gasteiger partial charge in [0, 0.05) is 22.8 Å². The van der Waals surface area contributed by atoms with Crippen LogP contribution in [0.2, 0.25) is 5.02 Å². The summed E-state index contributed by atoms with van der Waals surface area (Å²) in [5, 5.41) is 21.2. The van der Waals surface area contributed by atoms with Crippen LogP contribution in [0.5, 0.6) is 17.2 Å². The lowest BCUT2D eigenvalue weighted by atomic mass is 9.94. The quantitative estimate of drug-likeness (QED) is 0.0563. The summed E-state index contributed by atoms with van der Waals surface area (Å²) in [5.41, 5.74) is 2.77.